The summed E-state index contributed by atoms with van der Waals surface area (Å²) in [7, 11) is 0. The summed E-state index contributed by atoms with van der Waals surface area (Å²) in [6.45, 7) is 0. The Morgan fingerprint density at radius 3 is 1.07 bits per heavy atom. The Bertz CT molecular complexity index is 1040. The Morgan fingerprint density at radius 1 is 0.429 bits per heavy atom. The average molecular weight is 359 g/mol. The van der Waals surface area contributed by atoms with Crippen molar-refractivity contribution in [3.05, 3.63) is 123 Å². The molecule has 3 aromatic carbocycles. The molecule has 134 valence electrons. The molecule has 0 spiro atoms. The minimum absolute atomic E-state index is 0.998. The van der Waals surface area contributed by atoms with Crippen molar-refractivity contribution in [2.24, 2.45) is 0 Å². The van der Waals surface area contributed by atoms with Gasteiger partial charge in [0, 0.05) is 36.4 Å². The van der Waals surface area contributed by atoms with Gasteiger partial charge in [0.05, 0.1) is 0 Å². The number of nitrogens with zero attached hydrogens (tertiary/aromatic N) is 1. The van der Waals surface area contributed by atoms with Gasteiger partial charge in [-0.1, -0.05) is 72.8 Å². The lowest BCUT2D eigenvalue weighted by atomic mass is 10.1. The highest BCUT2D eigenvalue weighted by Gasteiger charge is 2.28. The first-order chi connectivity index (χ1) is 13.8. The number of benzene rings is 3. The summed E-state index contributed by atoms with van der Waals surface area (Å²) in [6.07, 6.45) is 10.1. The summed E-state index contributed by atoms with van der Waals surface area (Å²) in [5.74, 6) is 0. The van der Waals surface area contributed by atoms with E-state index < -0.39 is 0 Å². The smallest absolute Gasteiger partial charge is 0.0276 e. The number of fused-ring (bicyclic) bond motifs is 3. The van der Waals surface area contributed by atoms with E-state index in [1.165, 1.54) is 50.5 Å². The van der Waals surface area contributed by atoms with E-state index >= 15 is 0 Å². The molecule has 0 N–H and O–H groups in total. The van der Waals surface area contributed by atoms with Crippen molar-refractivity contribution in [2.75, 3.05) is 0 Å². The van der Waals surface area contributed by atoms with Gasteiger partial charge in [-0.25, -0.2) is 0 Å². The molecule has 0 heterocycles. The molecule has 1 nitrogen and oxygen atoms in total. The quantitative estimate of drug-likeness (QED) is 0.548. The van der Waals surface area contributed by atoms with E-state index in [9.17, 15) is 0 Å². The van der Waals surface area contributed by atoms with E-state index in [0.29, 0.717) is 0 Å². The van der Waals surface area contributed by atoms with Crippen molar-refractivity contribution >= 4 is 18.2 Å². The lowest BCUT2D eigenvalue weighted by Gasteiger charge is -2.29. The number of hydrogen-bond acceptors (Lipinski definition) is 1. The summed E-state index contributed by atoms with van der Waals surface area (Å²) in [5.41, 5.74) is 12.5. The second-order valence-corrected chi connectivity index (χ2v) is 7.87. The predicted molar refractivity (Wildman–Crippen MR) is 116 cm³/mol. The van der Waals surface area contributed by atoms with Crippen LogP contribution in [0, 0.1) is 0 Å². The van der Waals surface area contributed by atoms with Crippen LogP contribution in [0.3, 0.4) is 0 Å². The van der Waals surface area contributed by atoms with Crippen LogP contribution in [-0.4, -0.2) is 4.90 Å². The second-order valence-electron chi connectivity index (χ2n) is 7.87. The van der Waals surface area contributed by atoms with Gasteiger partial charge in [0.1, 0.15) is 0 Å². The molecule has 0 aliphatic heterocycles. The fourth-order valence-corrected chi connectivity index (χ4v) is 4.77. The molecule has 1 heteroatoms. The van der Waals surface area contributed by atoms with Crippen LogP contribution in [0.2, 0.25) is 0 Å². The molecular weight excluding hydrogens is 338 g/mol. The number of allylic oxidation sites excluding steroid dienone is 3. The molecule has 0 atom stereocenters. The molecule has 0 unspecified atom stereocenters. The number of rotatable bonds is 3. The van der Waals surface area contributed by atoms with Crippen molar-refractivity contribution in [1.29, 1.82) is 0 Å². The van der Waals surface area contributed by atoms with Crippen molar-refractivity contribution in [2.45, 2.75) is 19.3 Å². The minimum Gasteiger partial charge on any atom is -0.321 e. The third-order valence-electron chi connectivity index (χ3n) is 6.11. The molecular formula is C27H21N. The molecule has 0 saturated carbocycles. The van der Waals surface area contributed by atoms with Gasteiger partial charge in [-0.3, -0.25) is 0 Å². The van der Waals surface area contributed by atoms with Crippen LogP contribution >= 0.6 is 0 Å². The first-order valence-corrected chi connectivity index (χ1v) is 10.0. The largest absolute Gasteiger partial charge is 0.321 e. The Labute approximate surface area is 166 Å². The van der Waals surface area contributed by atoms with Crippen molar-refractivity contribution in [3.63, 3.8) is 0 Å². The van der Waals surface area contributed by atoms with Crippen LogP contribution in [0.4, 0.5) is 0 Å². The van der Waals surface area contributed by atoms with Crippen molar-refractivity contribution in [3.8, 4) is 0 Å². The first kappa shape index (κ1) is 15.7. The molecule has 0 amide bonds. The standard InChI is InChI=1S/C27H21N/c1-2-8-20-14-25(13-19(20)7-1)28(26-15-21-9-3-4-10-22(21)16-26)27-17-23-11-5-6-12-24(23)18-27/h1-13,15,17H,14,16,18H2. The molecule has 3 aliphatic rings. The van der Waals surface area contributed by atoms with E-state index in [-0.39, 0.29) is 0 Å². The maximum Gasteiger partial charge on any atom is 0.0276 e. The summed E-state index contributed by atoms with van der Waals surface area (Å²) in [6, 6.07) is 26.3. The molecule has 6 rings (SSSR count). The van der Waals surface area contributed by atoms with Crippen LogP contribution in [0.25, 0.3) is 18.2 Å². The van der Waals surface area contributed by atoms with Crippen LogP contribution < -0.4 is 0 Å². The van der Waals surface area contributed by atoms with Gasteiger partial charge in [0.15, 0.2) is 0 Å². The zero-order valence-electron chi connectivity index (χ0n) is 15.7. The Kier molecular flexibility index (Phi) is 3.42. The zero-order chi connectivity index (χ0) is 18.5. The SMILES string of the molecule is C1=C(N(C2=Cc3ccccc3C2)C2=Cc3ccccc3C2)Cc2ccccc21. The molecule has 3 aromatic rings. The lowest BCUT2D eigenvalue weighted by Crippen LogP contribution is -2.22. The highest BCUT2D eigenvalue weighted by Crippen LogP contribution is 2.40. The van der Waals surface area contributed by atoms with E-state index in [2.05, 4.69) is 95.9 Å². The van der Waals surface area contributed by atoms with Gasteiger partial charge >= 0.3 is 0 Å². The maximum atomic E-state index is 2.54. The normalized spacial score (nSPS) is 16.1. The van der Waals surface area contributed by atoms with Crippen LogP contribution in [0.1, 0.15) is 33.4 Å². The Balaban J connectivity index is 1.43. The van der Waals surface area contributed by atoms with Gasteiger partial charge < -0.3 is 4.90 Å². The highest BCUT2D eigenvalue weighted by atomic mass is 15.2. The summed E-state index contributed by atoms with van der Waals surface area (Å²) in [5, 5.41) is 0. The van der Waals surface area contributed by atoms with Crippen molar-refractivity contribution < 1.29 is 0 Å². The average Bonchev–Trinajstić information content (AvgIpc) is 3.44. The molecule has 0 fully saturated rings. The van der Waals surface area contributed by atoms with Gasteiger partial charge in [0.25, 0.3) is 0 Å². The van der Waals surface area contributed by atoms with Gasteiger partial charge in [-0.15, -0.1) is 0 Å². The van der Waals surface area contributed by atoms with E-state index in [0.717, 1.165) is 19.3 Å². The van der Waals surface area contributed by atoms with Gasteiger partial charge in [0.2, 0.25) is 0 Å². The molecule has 0 aromatic heterocycles. The lowest BCUT2D eigenvalue weighted by molar-refractivity contribution is 0.509. The highest BCUT2D eigenvalue weighted by molar-refractivity contribution is 5.71. The van der Waals surface area contributed by atoms with Gasteiger partial charge in [-0.2, -0.15) is 0 Å². The zero-order valence-corrected chi connectivity index (χ0v) is 15.7. The second kappa shape index (κ2) is 6.10. The monoisotopic (exact) mass is 359 g/mol. The van der Waals surface area contributed by atoms with Crippen LogP contribution in [0.5, 0.6) is 0 Å². The van der Waals surface area contributed by atoms with E-state index in [1.54, 1.807) is 0 Å². The molecule has 0 radical (unpaired) electrons. The molecule has 28 heavy (non-hydrogen) atoms. The summed E-state index contributed by atoms with van der Waals surface area (Å²) in [4.78, 5) is 2.54. The van der Waals surface area contributed by atoms with Gasteiger partial charge in [-0.05, 0) is 51.6 Å². The molecule has 3 aliphatic carbocycles. The fourth-order valence-electron chi connectivity index (χ4n) is 4.77. The third kappa shape index (κ3) is 2.47. The predicted octanol–water partition coefficient (Wildman–Crippen LogP) is 6.08. The van der Waals surface area contributed by atoms with Crippen LogP contribution in [0.15, 0.2) is 89.9 Å². The van der Waals surface area contributed by atoms with Crippen molar-refractivity contribution in [1.82, 2.24) is 4.90 Å². The fraction of sp³-hybridized carbons (Fsp3) is 0.111. The minimum atomic E-state index is 0.998. The number of hydrogen-bond donors (Lipinski definition) is 0. The van der Waals surface area contributed by atoms with Crippen LogP contribution in [-0.2, 0) is 19.3 Å². The summed E-state index contributed by atoms with van der Waals surface area (Å²) < 4.78 is 0. The maximum absolute atomic E-state index is 2.54. The van der Waals surface area contributed by atoms with E-state index in [1.807, 2.05) is 0 Å². The third-order valence-corrected chi connectivity index (χ3v) is 6.11. The Morgan fingerprint density at radius 2 is 0.750 bits per heavy atom. The topological polar surface area (TPSA) is 3.24 Å². The first-order valence-electron chi connectivity index (χ1n) is 10.0. The molecule has 0 saturated heterocycles. The Hall–Kier alpha value is -3.32. The molecule has 0 bridgehead atoms. The summed E-state index contributed by atoms with van der Waals surface area (Å²) >= 11 is 0. The van der Waals surface area contributed by atoms with E-state index in [4.69, 9.17) is 0 Å².